The third-order valence-corrected chi connectivity index (χ3v) is 4.40. The van der Waals surface area contributed by atoms with Gasteiger partial charge in [-0.15, -0.1) is 0 Å². The average molecular weight is 331 g/mol. The molecule has 0 spiro atoms. The molecule has 0 heterocycles. The van der Waals surface area contributed by atoms with E-state index in [1.165, 1.54) is 16.7 Å². The molecule has 0 aromatic heterocycles. The van der Waals surface area contributed by atoms with Gasteiger partial charge in [0.1, 0.15) is 0 Å². The van der Waals surface area contributed by atoms with Crippen LogP contribution in [0.25, 0.3) is 0 Å². The molecule has 0 aliphatic carbocycles. The van der Waals surface area contributed by atoms with Crippen molar-refractivity contribution in [1.29, 1.82) is 0 Å². The maximum Gasteiger partial charge on any atom is 0.0461 e. The number of hydrogen-bond donors (Lipinski definition) is 1. The van der Waals surface area contributed by atoms with Crippen molar-refractivity contribution in [3.05, 3.63) is 89.5 Å². The van der Waals surface area contributed by atoms with Crippen LogP contribution in [-0.2, 0) is 6.42 Å². The number of rotatable bonds is 6. The van der Waals surface area contributed by atoms with Crippen molar-refractivity contribution in [3.63, 3.8) is 0 Å². The number of aliphatic hydroxyl groups is 1. The van der Waals surface area contributed by atoms with Crippen LogP contribution < -0.4 is 4.90 Å². The van der Waals surface area contributed by atoms with Gasteiger partial charge in [0.05, 0.1) is 0 Å². The molecule has 0 radical (unpaired) electrons. The van der Waals surface area contributed by atoms with Gasteiger partial charge >= 0.3 is 0 Å². The first-order chi connectivity index (χ1) is 12.2. The number of nitrogens with zero attached hydrogens (tertiary/aromatic N) is 1. The topological polar surface area (TPSA) is 23.5 Å². The molecule has 0 aliphatic rings. The van der Waals surface area contributed by atoms with E-state index in [1.807, 2.05) is 0 Å². The van der Waals surface area contributed by atoms with Gasteiger partial charge in [-0.3, -0.25) is 0 Å². The molecule has 0 fully saturated rings. The quantitative estimate of drug-likeness (QED) is 0.626. The van der Waals surface area contributed by atoms with Gasteiger partial charge in [-0.25, -0.2) is 0 Å². The second-order valence-electron chi connectivity index (χ2n) is 6.50. The Hall–Kier alpha value is -2.58. The fraction of sp³-hybridized carbons (Fsp3) is 0.217. The third kappa shape index (κ3) is 4.28. The monoisotopic (exact) mass is 331 g/mol. The van der Waals surface area contributed by atoms with Crippen LogP contribution in [-0.4, -0.2) is 11.7 Å². The van der Waals surface area contributed by atoms with Gasteiger partial charge in [-0.1, -0.05) is 47.5 Å². The van der Waals surface area contributed by atoms with Crippen LogP contribution in [0.1, 0.15) is 23.1 Å². The van der Waals surface area contributed by atoms with Gasteiger partial charge in [-0.2, -0.15) is 0 Å². The Bertz CT molecular complexity index is 744. The van der Waals surface area contributed by atoms with E-state index in [0.717, 1.165) is 29.9 Å². The predicted octanol–water partition coefficient (Wildman–Crippen LogP) is 5.70. The molecule has 0 amide bonds. The molecular formula is C23H25NO. The zero-order valence-corrected chi connectivity index (χ0v) is 14.9. The van der Waals surface area contributed by atoms with Crippen LogP contribution in [0.2, 0.25) is 0 Å². The minimum atomic E-state index is 0.237. The molecule has 128 valence electrons. The van der Waals surface area contributed by atoms with Crippen molar-refractivity contribution in [1.82, 2.24) is 0 Å². The van der Waals surface area contributed by atoms with E-state index in [1.54, 1.807) is 0 Å². The summed E-state index contributed by atoms with van der Waals surface area (Å²) in [6.45, 7) is 4.45. The minimum Gasteiger partial charge on any atom is -0.396 e. The highest BCUT2D eigenvalue weighted by molar-refractivity contribution is 5.76. The Morgan fingerprint density at radius 1 is 0.640 bits per heavy atom. The van der Waals surface area contributed by atoms with Crippen LogP contribution in [0.15, 0.2) is 72.8 Å². The Kier molecular flexibility index (Phi) is 5.52. The van der Waals surface area contributed by atoms with E-state index in [2.05, 4.69) is 91.5 Å². The van der Waals surface area contributed by atoms with E-state index >= 15 is 0 Å². The lowest BCUT2D eigenvalue weighted by atomic mass is 10.1. The molecule has 0 bridgehead atoms. The second-order valence-corrected chi connectivity index (χ2v) is 6.50. The summed E-state index contributed by atoms with van der Waals surface area (Å²) >= 11 is 0. The molecule has 25 heavy (non-hydrogen) atoms. The number of aryl methyl sites for hydroxylation is 3. The van der Waals surface area contributed by atoms with E-state index < -0.39 is 0 Å². The summed E-state index contributed by atoms with van der Waals surface area (Å²) in [6.07, 6.45) is 1.71. The lowest BCUT2D eigenvalue weighted by Crippen LogP contribution is -2.10. The Balaban J connectivity index is 1.98. The molecule has 0 saturated heterocycles. The fourth-order valence-electron chi connectivity index (χ4n) is 2.93. The van der Waals surface area contributed by atoms with Crippen molar-refractivity contribution >= 4 is 17.1 Å². The van der Waals surface area contributed by atoms with Crippen molar-refractivity contribution < 1.29 is 5.11 Å². The molecule has 3 aromatic carbocycles. The third-order valence-electron chi connectivity index (χ3n) is 4.40. The summed E-state index contributed by atoms with van der Waals surface area (Å²) in [5, 5.41) is 9.00. The zero-order chi connectivity index (χ0) is 17.6. The molecule has 0 aliphatic heterocycles. The summed E-state index contributed by atoms with van der Waals surface area (Å²) in [5.41, 5.74) is 7.21. The van der Waals surface area contributed by atoms with Gasteiger partial charge in [-0.05, 0) is 68.7 Å². The molecule has 0 atom stereocenters. The van der Waals surface area contributed by atoms with Crippen molar-refractivity contribution in [2.45, 2.75) is 26.7 Å². The maximum atomic E-state index is 9.00. The number of aliphatic hydroxyl groups excluding tert-OH is 1. The SMILES string of the molecule is Cc1ccc(N(c2ccc(C)cc2)c2ccc(CCCO)cc2)cc1. The zero-order valence-electron chi connectivity index (χ0n) is 14.9. The Morgan fingerprint density at radius 3 is 1.44 bits per heavy atom. The van der Waals surface area contributed by atoms with Crippen LogP contribution in [0.4, 0.5) is 17.1 Å². The molecule has 3 aromatic rings. The van der Waals surface area contributed by atoms with Gasteiger partial charge in [0.25, 0.3) is 0 Å². The Labute approximate surface area is 150 Å². The van der Waals surface area contributed by atoms with Gasteiger partial charge in [0, 0.05) is 23.7 Å². The first-order valence-corrected chi connectivity index (χ1v) is 8.80. The van der Waals surface area contributed by atoms with E-state index in [4.69, 9.17) is 5.11 Å². The van der Waals surface area contributed by atoms with Crippen molar-refractivity contribution in [2.24, 2.45) is 0 Å². The standard InChI is InChI=1S/C23H25NO/c1-18-5-11-21(12-6-18)24(22-13-7-19(2)8-14-22)23-15-9-20(10-16-23)4-3-17-25/h5-16,25H,3-4,17H2,1-2H3. The largest absolute Gasteiger partial charge is 0.396 e. The van der Waals surface area contributed by atoms with Crippen LogP contribution in [0, 0.1) is 13.8 Å². The van der Waals surface area contributed by atoms with E-state index in [-0.39, 0.29) is 6.61 Å². The molecule has 2 nitrogen and oxygen atoms in total. The maximum absolute atomic E-state index is 9.00. The second kappa shape index (κ2) is 8.00. The fourth-order valence-corrected chi connectivity index (χ4v) is 2.93. The van der Waals surface area contributed by atoms with Gasteiger partial charge in [0.2, 0.25) is 0 Å². The summed E-state index contributed by atoms with van der Waals surface area (Å²) in [5.74, 6) is 0. The first-order valence-electron chi connectivity index (χ1n) is 8.80. The molecule has 0 saturated carbocycles. The Morgan fingerprint density at radius 2 is 1.04 bits per heavy atom. The van der Waals surface area contributed by atoms with Crippen molar-refractivity contribution in [3.8, 4) is 0 Å². The molecule has 0 unspecified atom stereocenters. The minimum absolute atomic E-state index is 0.237. The highest BCUT2D eigenvalue weighted by Crippen LogP contribution is 2.34. The van der Waals surface area contributed by atoms with Gasteiger partial charge < -0.3 is 10.0 Å². The number of benzene rings is 3. The number of hydrogen-bond acceptors (Lipinski definition) is 2. The van der Waals surface area contributed by atoms with Crippen LogP contribution in [0.3, 0.4) is 0 Å². The van der Waals surface area contributed by atoms with Crippen molar-refractivity contribution in [2.75, 3.05) is 11.5 Å². The van der Waals surface area contributed by atoms with Crippen LogP contribution >= 0.6 is 0 Å². The molecular weight excluding hydrogens is 306 g/mol. The summed E-state index contributed by atoms with van der Waals surface area (Å²) in [7, 11) is 0. The molecule has 3 rings (SSSR count). The lowest BCUT2D eigenvalue weighted by Gasteiger charge is -2.26. The summed E-state index contributed by atoms with van der Waals surface area (Å²) < 4.78 is 0. The first kappa shape index (κ1) is 17.2. The lowest BCUT2D eigenvalue weighted by molar-refractivity contribution is 0.288. The highest BCUT2D eigenvalue weighted by Gasteiger charge is 2.12. The number of anilines is 3. The summed E-state index contributed by atoms with van der Waals surface area (Å²) in [6, 6.07) is 25.9. The predicted molar refractivity (Wildman–Crippen MR) is 106 cm³/mol. The van der Waals surface area contributed by atoms with Crippen LogP contribution in [0.5, 0.6) is 0 Å². The molecule has 1 N–H and O–H groups in total. The average Bonchev–Trinajstić information content (AvgIpc) is 2.64. The summed E-state index contributed by atoms with van der Waals surface area (Å²) in [4.78, 5) is 2.27. The van der Waals surface area contributed by atoms with E-state index in [0.29, 0.717) is 0 Å². The van der Waals surface area contributed by atoms with E-state index in [9.17, 15) is 0 Å². The molecule has 2 heteroatoms. The normalized spacial score (nSPS) is 10.7. The smallest absolute Gasteiger partial charge is 0.0461 e. The highest BCUT2D eigenvalue weighted by atomic mass is 16.2. The van der Waals surface area contributed by atoms with Gasteiger partial charge in [0.15, 0.2) is 0 Å².